The van der Waals surface area contributed by atoms with E-state index in [1.165, 1.54) is 5.56 Å². The summed E-state index contributed by atoms with van der Waals surface area (Å²) in [4.78, 5) is 0. The number of benzene rings is 1. The van der Waals surface area contributed by atoms with Gasteiger partial charge in [0.2, 0.25) is 0 Å². The zero-order valence-corrected chi connectivity index (χ0v) is 14.5. The molecule has 4 nitrogen and oxygen atoms in total. The first-order valence-electron chi connectivity index (χ1n) is 7.18. The first kappa shape index (κ1) is 15.3. The summed E-state index contributed by atoms with van der Waals surface area (Å²) in [6.07, 6.45) is 1.68. The lowest BCUT2D eigenvalue weighted by atomic mass is 9.67. The molecule has 0 aliphatic carbocycles. The van der Waals surface area contributed by atoms with E-state index in [-0.39, 0.29) is 11.3 Å². The molecule has 21 heavy (non-hydrogen) atoms. The van der Waals surface area contributed by atoms with Crippen LogP contribution in [0.5, 0.6) is 5.75 Å². The first-order chi connectivity index (χ1) is 9.94. The monoisotopic (exact) mass is 373 g/mol. The van der Waals surface area contributed by atoms with Crippen LogP contribution in [0.2, 0.25) is 0 Å². The van der Waals surface area contributed by atoms with Crippen LogP contribution in [0.15, 0.2) is 22.7 Å². The number of methoxy groups -OCH3 is 1. The highest BCUT2D eigenvalue weighted by Gasteiger charge is 2.48. The molecule has 1 N–H and O–H groups in total. The minimum absolute atomic E-state index is 0.0679. The van der Waals surface area contributed by atoms with E-state index in [4.69, 9.17) is 4.74 Å². The number of hydrogen-bond acceptors (Lipinski definition) is 4. The number of nitrogens with one attached hydrogen (secondary N) is 1. The largest absolute Gasteiger partial charge is 0.497 e. The van der Waals surface area contributed by atoms with Gasteiger partial charge in [-0.05, 0) is 42.5 Å². The number of rotatable bonds is 4. The second-order valence-corrected chi connectivity index (χ2v) is 9.28. The van der Waals surface area contributed by atoms with Gasteiger partial charge in [-0.25, -0.2) is 8.42 Å². The van der Waals surface area contributed by atoms with Crippen molar-refractivity contribution in [2.75, 3.05) is 31.7 Å². The molecule has 1 aromatic rings. The first-order valence-corrected chi connectivity index (χ1v) is 9.79. The SMILES string of the molecule is COc1ccc(Br)c(CC2(C3CCS(=O)(=O)C3)CNC2)c1. The van der Waals surface area contributed by atoms with E-state index < -0.39 is 9.84 Å². The molecule has 0 radical (unpaired) electrons. The molecule has 2 aliphatic rings. The van der Waals surface area contributed by atoms with Crippen LogP contribution in [-0.2, 0) is 16.3 Å². The highest BCUT2D eigenvalue weighted by atomic mass is 79.9. The van der Waals surface area contributed by atoms with Gasteiger partial charge in [0, 0.05) is 23.0 Å². The lowest BCUT2D eigenvalue weighted by Crippen LogP contribution is -2.59. The molecule has 2 heterocycles. The fourth-order valence-corrected chi connectivity index (χ4v) is 5.81. The summed E-state index contributed by atoms with van der Waals surface area (Å²) in [5.74, 6) is 1.80. The van der Waals surface area contributed by atoms with Gasteiger partial charge in [-0.1, -0.05) is 15.9 Å². The summed E-state index contributed by atoms with van der Waals surface area (Å²) in [5.41, 5.74) is 1.26. The molecular formula is C15H20BrNO3S. The van der Waals surface area contributed by atoms with Crippen LogP contribution in [-0.4, -0.2) is 40.1 Å². The highest BCUT2D eigenvalue weighted by molar-refractivity contribution is 9.10. The van der Waals surface area contributed by atoms with E-state index in [0.29, 0.717) is 11.5 Å². The Balaban J connectivity index is 1.85. The maximum atomic E-state index is 11.8. The smallest absolute Gasteiger partial charge is 0.150 e. The Bertz CT molecular complexity index is 640. The molecule has 6 heteroatoms. The fraction of sp³-hybridized carbons (Fsp3) is 0.600. The van der Waals surface area contributed by atoms with Crippen molar-refractivity contribution in [3.63, 3.8) is 0 Å². The molecule has 2 aliphatic heterocycles. The van der Waals surface area contributed by atoms with Crippen LogP contribution in [0, 0.1) is 11.3 Å². The standard InChI is InChI=1S/C15H20BrNO3S/c1-20-13-2-3-14(16)11(6-13)7-15(9-17-10-15)12-4-5-21(18,19)8-12/h2-3,6,12,17H,4-5,7-10H2,1H3. The Morgan fingerprint density at radius 1 is 1.43 bits per heavy atom. The third kappa shape index (κ3) is 2.98. The summed E-state index contributed by atoms with van der Waals surface area (Å²) in [5, 5.41) is 3.33. The van der Waals surface area contributed by atoms with Crippen molar-refractivity contribution in [3.05, 3.63) is 28.2 Å². The van der Waals surface area contributed by atoms with Crippen molar-refractivity contribution in [2.24, 2.45) is 11.3 Å². The van der Waals surface area contributed by atoms with E-state index in [9.17, 15) is 8.42 Å². The van der Waals surface area contributed by atoms with Gasteiger partial charge in [-0.3, -0.25) is 0 Å². The molecule has 2 fully saturated rings. The second-order valence-electron chi connectivity index (χ2n) is 6.20. The van der Waals surface area contributed by atoms with Crippen LogP contribution in [0.4, 0.5) is 0 Å². The molecule has 1 unspecified atom stereocenters. The van der Waals surface area contributed by atoms with Gasteiger partial charge in [0.1, 0.15) is 5.75 Å². The van der Waals surface area contributed by atoms with E-state index in [1.54, 1.807) is 7.11 Å². The Kier molecular flexibility index (Phi) is 4.05. The van der Waals surface area contributed by atoms with Gasteiger partial charge in [0.15, 0.2) is 9.84 Å². The summed E-state index contributed by atoms with van der Waals surface area (Å²) in [6.45, 7) is 1.80. The van der Waals surface area contributed by atoms with Gasteiger partial charge in [-0.15, -0.1) is 0 Å². The summed E-state index contributed by atoms with van der Waals surface area (Å²) < 4.78 is 30.0. The van der Waals surface area contributed by atoms with Gasteiger partial charge in [0.05, 0.1) is 18.6 Å². The predicted molar refractivity (Wildman–Crippen MR) is 86.5 cm³/mol. The number of ether oxygens (including phenoxy) is 1. The summed E-state index contributed by atoms with van der Waals surface area (Å²) in [6, 6.07) is 5.98. The molecular weight excluding hydrogens is 354 g/mol. The maximum Gasteiger partial charge on any atom is 0.150 e. The third-order valence-electron chi connectivity index (χ3n) is 4.85. The Morgan fingerprint density at radius 2 is 2.19 bits per heavy atom. The minimum Gasteiger partial charge on any atom is -0.497 e. The average Bonchev–Trinajstić information content (AvgIpc) is 2.76. The lowest BCUT2D eigenvalue weighted by molar-refractivity contribution is 0.0922. The van der Waals surface area contributed by atoms with Crippen LogP contribution in [0.3, 0.4) is 0 Å². The van der Waals surface area contributed by atoms with Gasteiger partial charge in [-0.2, -0.15) is 0 Å². The molecule has 3 rings (SSSR count). The Labute approximate surface area is 134 Å². The second kappa shape index (κ2) is 5.56. The summed E-state index contributed by atoms with van der Waals surface area (Å²) in [7, 11) is -1.17. The molecule has 0 saturated carbocycles. The normalized spacial score (nSPS) is 26.3. The molecule has 0 bridgehead atoms. The number of hydrogen-bond donors (Lipinski definition) is 1. The van der Waals surface area contributed by atoms with Crippen molar-refractivity contribution in [1.29, 1.82) is 0 Å². The van der Waals surface area contributed by atoms with Crippen molar-refractivity contribution in [2.45, 2.75) is 12.8 Å². The van der Waals surface area contributed by atoms with Crippen molar-refractivity contribution < 1.29 is 13.2 Å². The minimum atomic E-state index is -2.83. The van der Waals surface area contributed by atoms with Gasteiger partial charge in [0.25, 0.3) is 0 Å². The van der Waals surface area contributed by atoms with Crippen LogP contribution < -0.4 is 10.1 Å². The van der Waals surface area contributed by atoms with Gasteiger partial charge < -0.3 is 10.1 Å². The average molecular weight is 374 g/mol. The topological polar surface area (TPSA) is 55.4 Å². The summed E-state index contributed by atoms with van der Waals surface area (Å²) >= 11 is 3.60. The Hall–Kier alpha value is -0.590. The van der Waals surface area contributed by atoms with Crippen molar-refractivity contribution in [1.82, 2.24) is 5.32 Å². The number of halogens is 1. The van der Waals surface area contributed by atoms with Crippen LogP contribution in [0.1, 0.15) is 12.0 Å². The van der Waals surface area contributed by atoms with Crippen LogP contribution in [0.25, 0.3) is 0 Å². The van der Waals surface area contributed by atoms with E-state index in [1.807, 2.05) is 18.2 Å². The fourth-order valence-electron chi connectivity index (χ4n) is 3.47. The molecule has 1 atom stereocenters. The predicted octanol–water partition coefficient (Wildman–Crippen LogP) is 2.02. The van der Waals surface area contributed by atoms with E-state index >= 15 is 0 Å². The molecule has 2 saturated heterocycles. The highest BCUT2D eigenvalue weighted by Crippen LogP contribution is 2.43. The van der Waals surface area contributed by atoms with Crippen LogP contribution >= 0.6 is 15.9 Å². The van der Waals surface area contributed by atoms with E-state index in [0.717, 1.165) is 36.2 Å². The maximum absolute atomic E-state index is 11.8. The Morgan fingerprint density at radius 3 is 2.71 bits per heavy atom. The quantitative estimate of drug-likeness (QED) is 0.876. The van der Waals surface area contributed by atoms with E-state index in [2.05, 4.69) is 21.2 Å². The molecule has 0 aromatic heterocycles. The molecule has 1 aromatic carbocycles. The molecule has 0 amide bonds. The number of sulfone groups is 1. The molecule has 0 spiro atoms. The van der Waals surface area contributed by atoms with Crippen molar-refractivity contribution in [3.8, 4) is 5.75 Å². The zero-order chi connectivity index (χ0) is 15.1. The third-order valence-corrected chi connectivity index (χ3v) is 7.39. The molecule has 116 valence electrons. The lowest BCUT2D eigenvalue weighted by Gasteiger charge is -2.47. The zero-order valence-electron chi connectivity index (χ0n) is 12.1. The van der Waals surface area contributed by atoms with Gasteiger partial charge >= 0.3 is 0 Å². The van der Waals surface area contributed by atoms with Crippen molar-refractivity contribution >= 4 is 25.8 Å².